The minimum absolute atomic E-state index is 0.231. The van der Waals surface area contributed by atoms with Crippen LogP contribution in [0, 0.1) is 0 Å². The maximum absolute atomic E-state index is 12.6. The smallest absolute Gasteiger partial charge is 0.293 e. The summed E-state index contributed by atoms with van der Waals surface area (Å²) < 4.78 is 4.99. The quantitative estimate of drug-likeness (QED) is 0.434. The third-order valence-electron chi connectivity index (χ3n) is 3.85. The Morgan fingerprint density at radius 1 is 1.15 bits per heavy atom. The molecule has 1 aliphatic rings. The van der Waals surface area contributed by atoms with Crippen LogP contribution < -0.4 is 0 Å². The van der Waals surface area contributed by atoms with E-state index in [2.05, 4.69) is 0 Å². The number of amides is 2. The van der Waals surface area contributed by atoms with Gasteiger partial charge in [0.05, 0.1) is 4.91 Å². The second-order valence-electron chi connectivity index (χ2n) is 5.77. The summed E-state index contributed by atoms with van der Waals surface area (Å²) in [6, 6.07) is 15.4. The van der Waals surface area contributed by atoms with Gasteiger partial charge >= 0.3 is 0 Å². The molecule has 0 radical (unpaired) electrons. The lowest BCUT2D eigenvalue weighted by atomic mass is 10.2. The summed E-state index contributed by atoms with van der Waals surface area (Å²) in [4.78, 5) is 28.5. The van der Waals surface area contributed by atoms with Crippen LogP contribution in [-0.2, 0) is 9.53 Å². The van der Waals surface area contributed by atoms with Crippen molar-refractivity contribution in [3.05, 3.63) is 64.0 Å². The average molecular weight is 420 g/mol. The molecule has 0 bridgehead atoms. The van der Waals surface area contributed by atoms with Gasteiger partial charge in [-0.05, 0) is 60.2 Å². The van der Waals surface area contributed by atoms with E-state index in [1.807, 2.05) is 48.5 Å². The van der Waals surface area contributed by atoms with E-state index in [1.165, 1.54) is 4.90 Å². The lowest BCUT2D eigenvalue weighted by Crippen LogP contribution is -2.29. The van der Waals surface area contributed by atoms with Crippen LogP contribution in [0.15, 0.2) is 63.2 Å². The lowest BCUT2D eigenvalue weighted by molar-refractivity contribution is -0.122. The molecule has 2 amide bonds. The SMILES string of the molecule is COCCCN1C(=O)S/C(=C\c2ccccc2Sc2ccc(Cl)cc2)C1=O. The summed E-state index contributed by atoms with van der Waals surface area (Å²) in [5.74, 6) is -0.243. The molecule has 0 saturated carbocycles. The number of thioether (sulfide) groups is 1. The van der Waals surface area contributed by atoms with Crippen LogP contribution >= 0.6 is 35.1 Å². The highest BCUT2D eigenvalue weighted by Crippen LogP contribution is 2.36. The van der Waals surface area contributed by atoms with Gasteiger partial charge in [0.2, 0.25) is 0 Å². The standard InChI is InChI=1S/C20H18ClNO3S2/c1-25-12-4-11-22-19(23)18(27-20(22)24)13-14-5-2-3-6-17(14)26-16-9-7-15(21)8-10-16/h2-3,5-10,13H,4,11-12H2,1H3/b18-13-. The highest BCUT2D eigenvalue weighted by atomic mass is 35.5. The molecule has 1 saturated heterocycles. The molecule has 27 heavy (non-hydrogen) atoms. The molecular weight excluding hydrogens is 402 g/mol. The van der Waals surface area contributed by atoms with Crippen molar-refractivity contribution in [3.8, 4) is 0 Å². The van der Waals surface area contributed by atoms with E-state index in [4.69, 9.17) is 16.3 Å². The Hall–Kier alpha value is -1.73. The van der Waals surface area contributed by atoms with Crippen molar-refractivity contribution in [1.29, 1.82) is 0 Å². The predicted octanol–water partition coefficient (Wildman–Crippen LogP) is 5.56. The van der Waals surface area contributed by atoms with Crippen molar-refractivity contribution >= 4 is 52.3 Å². The topological polar surface area (TPSA) is 46.6 Å². The third kappa shape index (κ3) is 5.17. The van der Waals surface area contributed by atoms with Crippen LogP contribution in [0.3, 0.4) is 0 Å². The van der Waals surface area contributed by atoms with Gasteiger partial charge in [-0.15, -0.1) is 0 Å². The van der Waals surface area contributed by atoms with Gasteiger partial charge in [0.15, 0.2) is 0 Å². The number of nitrogens with zero attached hydrogens (tertiary/aromatic N) is 1. The van der Waals surface area contributed by atoms with Crippen LogP contribution in [0.5, 0.6) is 0 Å². The summed E-state index contributed by atoms with van der Waals surface area (Å²) in [7, 11) is 1.60. The highest BCUT2D eigenvalue weighted by molar-refractivity contribution is 8.18. The molecule has 0 aromatic heterocycles. The van der Waals surface area contributed by atoms with Crippen LogP contribution in [-0.4, -0.2) is 36.3 Å². The number of hydrogen-bond donors (Lipinski definition) is 0. The van der Waals surface area contributed by atoms with E-state index < -0.39 is 0 Å². The van der Waals surface area contributed by atoms with Gasteiger partial charge in [0, 0.05) is 35.1 Å². The van der Waals surface area contributed by atoms with Crippen molar-refractivity contribution < 1.29 is 14.3 Å². The molecule has 1 aliphatic heterocycles. The number of methoxy groups -OCH3 is 1. The molecule has 0 N–H and O–H groups in total. The number of carbonyl (C=O) groups is 2. The van der Waals surface area contributed by atoms with Gasteiger partial charge in [-0.2, -0.15) is 0 Å². The molecule has 140 valence electrons. The van der Waals surface area contributed by atoms with Crippen molar-refractivity contribution in [3.63, 3.8) is 0 Å². The number of rotatable bonds is 7. The van der Waals surface area contributed by atoms with E-state index in [-0.39, 0.29) is 11.1 Å². The monoisotopic (exact) mass is 419 g/mol. The molecular formula is C20H18ClNO3S2. The molecule has 0 spiro atoms. The van der Waals surface area contributed by atoms with Crippen LogP contribution in [0.4, 0.5) is 4.79 Å². The maximum atomic E-state index is 12.6. The second kappa shape index (κ2) is 9.46. The fourth-order valence-corrected chi connectivity index (χ4v) is 4.42. The number of carbonyl (C=O) groups excluding carboxylic acids is 2. The van der Waals surface area contributed by atoms with Gasteiger partial charge in [-0.1, -0.05) is 41.6 Å². The Morgan fingerprint density at radius 3 is 2.63 bits per heavy atom. The summed E-state index contributed by atoms with van der Waals surface area (Å²) in [5, 5.41) is 0.458. The van der Waals surface area contributed by atoms with E-state index in [0.717, 1.165) is 27.1 Å². The number of hydrogen-bond acceptors (Lipinski definition) is 5. The Balaban J connectivity index is 1.80. The van der Waals surface area contributed by atoms with E-state index in [0.29, 0.717) is 29.5 Å². The fraction of sp³-hybridized carbons (Fsp3) is 0.200. The van der Waals surface area contributed by atoms with Crippen molar-refractivity contribution in [2.24, 2.45) is 0 Å². The summed E-state index contributed by atoms with van der Waals surface area (Å²) in [6.45, 7) is 0.887. The molecule has 2 aromatic rings. The zero-order valence-electron chi connectivity index (χ0n) is 14.7. The molecule has 3 rings (SSSR count). The zero-order valence-corrected chi connectivity index (χ0v) is 17.1. The Labute approximate surface area is 171 Å². The number of halogens is 1. The van der Waals surface area contributed by atoms with E-state index >= 15 is 0 Å². The third-order valence-corrected chi connectivity index (χ3v) is 6.11. The van der Waals surface area contributed by atoms with E-state index in [1.54, 1.807) is 24.9 Å². The molecule has 1 heterocycles. The number of ether oxygens (including phenoxy) is 1. The Morgan fingerprint density at radius 2 is 1.89 bits per heavy atom. The van der Waals surface area contributed by atoms with Crippen molar-refractivity contribution in [2.75, 3.05) is 20.3 Å². The van der Waals surface area contributed by atoms with Crippen LogP contribution in [0.1, 0.15) is 12.0 Å². The minimum Gasteiger partial charge on any atom is -0.385 e. The minimum atomic E-state index is -0.243. The molecule has 4 nitrogen and oxygen atoms in total. The van der Waals surface area contributed by atoms with Gasteiger partial charge in [0.25, 0.3) is 11.1 Å². The zero-order chi connectivity index (χ0) is 19.2. The second-order valence-corrected chi connectivity index (χ2v) is 8.32. The molecule has 0 atom stereocenters. The molecule has 0 unspecified atom stereocenters. The Kier molecular flexibility index (Phi) is 7.01. The van der Waals surface area contributed by atoms with Gasteiger partial charge in [0.1, 0.15) is 0 Å². The van der Waals surface area contributed by atoms with Crippen LogP contribution in [0.2, 0.25) is 5.02 Å². The van der Waals surface area contributed by atoms with Gasteiger partial charge < -0.3 is 4.74 Å². The first-order chi connectivity index (χ1) is 13.1. The summed E-state index contributed by atoms with van der Waals surface area (Å²) in [6.07, 6.45) is 2.42. The van der Waals surface area contributed by atoms with Gasteiger partial charge in [-0.25, -0.2) is 0 Å². The fourth-order valence-electron chi connectivity index (χ4n) is 2.52. The first kappa shape index (κ1) is 20.0. The first-order valence-electron chi connectivity index (χ1n) is 8.35. The maximum Gasteiger partial charge on any atom is 0.293 e. The first-order valence-corrected chi connectivity index (χ1v) is 10.4. The molecule has 0 aliphatic carbocycles. The van der Waals surface area contributed by atoms with Gasteiger partial charge in [-0.3, -0.25) is 14.5 Å². The van der Waals surface area contributed by atoms with E-state index in [9.17, 15) is 9.59 Å². The molecule has 7 heteroatoms. The molecule has 1 fully saturated rings. The summed E-state index contributed by atoms with van der Waals surface area (Å²) in [5.41, 5.74) is 0.903. The van der Waals surface area contributed by atoms with Crippen molar-refractivity contribution in [1.82, 2.24) is 4.90 Å². The molecule has 2 aromatic carbocycles. The predicted molar refractivity (Wildman–Crippen MR) is 111 cm³/mol. The lowest BCUT2D eigenvalue weighted by Gasteiger charge is -2.11. The number of imide groups is 1. The average Bonchev–Trinajstić information content (AvgIpc) is 2.93. The normalized spacial score (nSPS) is 15.8. The summed E-state index contributed by atoms with van der Waals surface area (Å²) >= 11 is 8.51. The number of benzene rings is 2. The Bertz CT molecular complexity index is 868. The van der Waals surface area contributed by atoms with Crippen molar-refractivity contribution in [2.45, 2.75) is 16.2 Å². The largest absolute Gasteiger partial charge is 0.385 e. The highest BCUT2D eigenvalue weighted by Gasteiger charge is 2.34. The van der Waals surface area contributed by atoms with Crippen LogP contribution in [0.25, 0.3) is 6.08 Å².